The van der Waals surface area contributed by atoms with Gasteiger partial charge in [0.2, 0.25) is 6.33 Å². The average molecular weight is 128 g/mol. The summed E-state index contributed by atoms with van der Waals surface area (Å²) >= 11 is 0. The van der Waals surface area contributed by atoms with Gasteiger partial charge in [-0.25, -0.2) is 0 Å². The van der Waals surface area contributed by atoms with Crippen molar-refractivity contribution in [1.82, 2.24) is 14.8 Å². The molecule has 0 aliphatic carbocycles. The molecule has 1 aromatic heterocycles. The van der Waals surface area contributed by atoms with Crippen molar-refractivity contribution < 1.29 is 4.92 Å². The van der Waals surface area contributed by atoms with Crippen LogP contribution in [0.1, 0.15) is 0 Å². The van der Waals surface area contributed by atoms with Gasteiger partial charge in [-0.15, -0.1) is 0 Å². The summed E-state index contributed by atoms with van der Waals surface area (Å²) in [5.41, 5.74) is 0. The molecule has 1 aromatic rings. The van der Waals surface area contributed by atoms with Crippen LogP contribution in [0.4, 0.5) is 5.95 Å². The standard InChI is InChI=1S/C3H4N4O2/c1-6-2-4-3(5-6)7(8)9/h2H,1H3. The number of hydrogen-bond acceptors (Lipinski definition) is 4. The zero-order valence-electron chi connectivity index (χ0n) is 4.68. The number of nitrogens with zero attached hydrogens (tertiary/aromatic N) is 4. The van der Waals surface area contributed by atoms with E-state index in [0.29, 0.717) is 0 Å². The molecule has 0 unspecified atom stereocenters. The normalized spacial score (nSPS) is 9.44. The molecule has 0 aliphatic heterocycles. The molecule has 0 radical (unpaired) electrons. The number of aryl methyl sites for hydroxylation is 1. The first kappa shape index (κ1) is 5.67. The summed E-state index contributed by atoms with van der Waals surface area (Å²) in [4.78, 5) is 12.6. The number of rotatable bonds is 1. The Morgan fingerprint density at radius 2 is 2.56 bits per heavy atom. The molecule has 0 aromatic carbocycles. The Bertz CT molecular complexity index is 229. The predicted molar refractivity (Wildman–Crippen MR) is 27.7 cm³/mol. The van der Waals surface area contributed by atoms with Crippen molar-refractivity contribution in [3.63, 3.8) is 0 Å². The van der Waals surface area contributed by atoms with Crippen LogP contribution in [0.2, 0.25) is 0 Å². The van der Waals surface area contributed by atoms with Crippen LogP contribution in [0.5, 0.6) is 0 Å². The quantitative estimate of drug-likeness (QED) is 0.385. The summed E-state index contributed by atoms with van der Waals surface area (Å²) < 4.78 is 1.28. The van der Waals surface area contributed by atoms with Gasteiger partial charge in [-0.05, 0) is 4.92 Å². The van der Waals surface area contributed by atoms with E-state index in [0.717, 1.165) is 0 Å². The van der Waals surface area contributed by atoms with E-state index in [1.807, 2.05) is 0 Å². The fourth-order valence-electron chi connectivity index (χ4n) is 0.412. The van der Waals surface area contributed by atoms with E-state index in [1.165, 1.54) is 11.0 Å². The van der Waals surface area contributed by atoms with Crippen molar-refractivity contribution >= 4 is 5.95 Å². The maximum Gasteiger partial charge on any atom is 0.490 e. The van der Waals surface area contributed by atoms with Gasteiger partial charge in [0.25, 0.3) is 0 Å². The Balaban J connectivity index is 2.98. The molecule has 1 heterocycles. The fraction of sp³-hybridized carbons (Fsp3) is 0.333. The molecule has 9 heavy (non-hydrogen) atoms. The highest BCUT2D eigenvalue weighted by atomic mass is 16.6. The first-order valence-electron chi connectivity index (χ1n) is 2.20. The Hall–Kier alpha value is -1.46. The molecule has 0 bridgehead atoms. The molecule has 0 atom stereocenters. The number of nitro groups is 1. The minimum absolute atomic E-state index is 0.363. The summed E-state index contributed by atoms with van der Waals surface area (Å²) in [5, 5.41) is 13.3. The largest absolute Gasteiger partial charge is 0.490 e. The van der Waals surface area contributed by atoms with Gasteiger partial charge in [-0.1, -0.05) is 4.98 Å². The van der Waals surface area contributed by atoms with Crippen molar-refractivity contribution in [2.24, 2.45) is 7.05 Å². The summed E-state index contributed by atoms with van der Waals surface area (Å²) in [6.07, 6.45) is 1.28. The van der Waals surface area contributed by atoms with Crippen LogP contribution < -0.4 is 0 Å². The van der Waals surface area contributed by atoms with Crippen molar-refractivity contribution in [2.45, 2.75) is 0 Å². The minimum atomic E-state index is -0.639. The summed E-state index contributed by atoms with van der Waals surface area (Å²) in [5.74, 6) is -0.363. The van der Waals surface area contributed by atoms with Gasteiger partial charge < -0.3 is 10.1 Å². The summed E-state index contributed by atoms with van der Waals surface area (Å²) in [7, 11) is 1.57. The monoisotopic (exact) mass is 128 g/mol. The highest BCUT2D eigenvalue weighted by Gasteiger charge is 2.09. The lowest BCUT2D eigenvalue weighted by atomic mass is 11.1. The number of hydrogen-bond donors (Lipinski definition) is 0. The molecular formula is C3H4N4O2. The molecule has 6 heteroatoms. The van der Waals surface area contributed by atoms with Gasteiger partial charge in [-0.2, -0.15) is 4.68 Å². The smallest absolute Gasteiger partial charge is 0.390 e. The molecule has 0 saturated heterocycles. The van der Waals surface area contributed by atoms with Crippen molar-refractivity contribution in [3.05, 3.63) is 16.4 Å². The van der Waals surface area contributed by atoms with Gasteiger partial charge in [0.05, 0.1) is 0 Å². The van der Waals surface area contributed by atoms with Crippen molar-refractivity contribution in [3.8, 4) is 0 Å². The molecule has 48 valence electrons. The molecule has 0 N–H and O–H groups in total. The topological polar surface area (TPSA) is 73.8 Å². The van der Waals surface area contributed by atoms with Gasteiger partial charge >= 0.3 is 5.95 Å². The van der Waals surface area contributed by atoms with Gasteiger partial charge in [0.1, 0.15) is 0 Å². The van der Waals surface area contributed by atoms with E-state index >= 15 is 0 Å². The van der Waals surface area contributed by atoms with Crippen LogP contribution in [0.3, 0.4) is 0 Å². The zero-order valence-corrected chi connectivity index (χ0v) is 4.68. The minimum Gasteiger partial charge on any atom is -0.390 e. The Morgan fingerprint density at radius 3 is 2.78 bits per heavy atom. The lowest BCUT2D eigenvalue weighted by Gasteiger charge is -1.81. The van der Waals surface area contributed by atoms with E-state index in [2.05, 4.69) is 10.1 Å². The van der Waals surface area contributed by atoms with E-state index in [1.54, 1.807) is 7.05 Å². The van der Waals surface area contributed by atoms with Crippen LogP contribution in [0, 0.1) is 10.1 Å². The van der Waals surface area contributed by atoms with Crippen LogP contribution >= 0.6 is 0 Å². The van der Waals surface area contributed by atoms with Crippen molar-refractivity contribution in [1.29, 1.82) is 0 Å². The highest BCUT2D eigenvalue weighted by Crippen LogP contribution is 1.96. The SMILES string of the molecule is Cn1cnc([N+](=O)[O-])n1. The highest BCUT2D eigenvalue weighted by molar-refractivity contribution is 4.96. The Labute approximate surface area is 50.3 Å². The second-order valence-corrected chi connectivity index (χ2v) is 1.48. The second-order valence-electron chi connectivity index (χ2n) is 1.48. The van der Waals surface area contributed by atoms with Gasteiger partial charge in [-0.3, -0.25) is 0 Å². The second kappa shape index (κ2) is 1.81. The van der Waals surface area contributed by atoms with Crippen molar-refractivity contribution in [2.75, 3.05) is 0 Å². The maximum atomic E-state index is 9.88. The van der Waals surface area contributed by atoms with E-state index < -0.39 is 4.92 Å². The molecular weight excluding hydrogens is 124 g/mol. The average Bonchev–Trinajstić information content (AvgIpc) is 2.14. The van der Waals surface area contributed by atoms with Crippen LogP contribution in [0.25, 0.3) is 0 Å². The van der Waals surface area contributed by atoms with Crippen LogP contribution in [0.15, 0.2) is 6.33 Å². The molecule has 6 nitrogen and oxygen atoms in total. The molecule has 0 aliphatic rings. The fourth-order valence-corrected chi connectivity index (χ4v) is 0.412. The van der Waals surface area contributed by atoms with Crippen LogP contribution in [-0.2, 0) is 7.05 Å². The molecule has 0 spiro atoms. The summed E-state index contributed by atoms with van der Waals surface area (Å²) in [6, 6.07) is 0. The van der Waals surface area contributed by atoms with Gasteiger partial charge in [0.15, 0.2) is 0 Å². The number of aromatic nitrogens is 3. The van der Waals surface area contributed by atoms with Crippen LogP contribution in [-0.4, -0.2) is 19.7 Å². The Morgan fingerprint density at radius 1 is 1.89 bits per heavy atom. The first-order valence-corrected chi connectivity index (χ1v) is 2.20. The summed E-state index contributed by atoms with van der Waals surface area (Å²) in [6.45, 7) is 0. The molecule has 0 saturated carbocycles. The van der Waals surface area contributed by atoms with E-state index in [9.17, 15) is 10.1 Å². The lowest BCUT2D eigenvalue weighted by molar-refractivity contribution is -0.394. The van der Waals surface area contributed by atoms with E-state index in [-0.39, 0.29) is 5.95 Å². The maximum absolute atomic E-state index is 9.88. The molecule has 0 amide bonds. The van der Waals surface area contributed by atoms with E-state index in [4.69, 9.17) is 0 Å². The molecule has 1 rings (SSSR count). The predicted octanol–water partition coefficient (Wildman–Crippen LogP) is -0.277. The molecule has 0 fully saturated rings. The zero-order chi connectivity index (χ0) is 6.85. The third-order valence-electron chi connectivity index (χ3n) is 0.751. The first-order chi connectivity index (χ1) is 4.20. The van der Waals surface area contributed by atoms with Gasteiger partial charge in [0, 0.05) is 12.1 Å². The Kier molecular flexibility index (Phi) is 1.14. The third kappa shape index (κ3) is 1.01. The lowest BCUT2D eigenvalue weighted by Crippen LogP contribution is -1.92. The third-order valence-corrected chi connectivity index (χ3v) is 0.751.